The zero-order valence-corrected chi connectivity index (χ0v) is 21.5. The molecule has 1 saturated heterocycles. The maximum Gasteiger partial charge on any atom is 0.335 e. The number of methoxy groups -OCH3 is 1. The van der Waals surface area contributed by atoms with Crippen LogP contribution < -0.4 is 15.0 Å². The largest absolute Gasteiger partial charge is 0.496 e. The van der Waals surface area contributed by atoms with Crippen LogP contribution in [0.3, 0.4) is 0 Å². The van der Waals surface area contributed by atoms with E-state index in [1.807, 2.05) is 0 Å². The smallest absolute Gasteiger partial charge is 0.335 e. The molecule has 184 valence electrons. The number of halogens is 1. The molecule has 0 saturated carbocycles. The van der Waals surface area contributed by atoms with E-state index in [0.29, 0.717) is 33.7 Å². The average Bonchev–Trinajstić information content (AvgIpc) is 3.12. The number of carbonyl (C=O) groups is 5. The molecule has 9 nitrogen and oxygen atoms in total. The van der Waals surface area contributed by atoms with Crippen molar-refractivity contribution in [1.29, 1.82) is 0 Å². The lowest BCUT2D eigenvalue weighted by molar-refractivity contribution is -0.122. The molecule has 2 heterocycles. The van der Waals surface area contributed by atoms with Gasteiger partial charge >= 0.3 is 6.03 Å². The summed E-state index contributed by atoms with van der Waals surface area (Å²) in [5.74, 6) is -2.00. The zero-order valence-electron chi connectivity index (χ0n) is 19.4. The number of benzene rings is 3. The monoisotopic (exact) mass is 607 g/mol. The molecule has 5 rings (SSSR count). The molecule has 1 N–H and O–H groups in total. The summed E-state index contributed by atoms with van der Waals surface area (Å²) in [6.45, 7) is -0.0695. The highest BCUT2D eigenvalue weighted by Gasteiger charge is 2.37. The summed E-state index contributed by atoms with van der Waals surface area (Å²) in [6.07, 6.45) is 1.36. The Balaban J connectivity index is 1.47. The Morgan fingerprint density at radius 2 is 1.51 bits per heavy atom. The van der Waals surface area contributed by atoms with Crippen LogP contribution in [-0.4, -0.2) is 41.7 Å². The minimum atomic E-state index is -0.839. The van der Waals surface area contributed by atoms with Crippen molar-refractivity contribution >= 4 is 64.0 Å². The van der Waals surface area contributed by atoms with Crippen LogP contribution in [0.2, 0.25) is 0 Å². The summed E-state index contributed by atoms with van der Waals surface area (Å²) in [4.78, 5) is 65.9. The molecule has 3 aromatic rings. The molecular weight excluding hydrogens is 589 g/mol. The van der Waals surface area contributed by atoms with Gasteiger partial charge in [-0.1, -0.05) is 18.2 Å². The maximum atomic E-state index is 13.2. The van der Waals surface area contributed by atoms with Gasteiger partial charge in [0.25, 0.3) is 23.6 Å². The quantitative estimate of drug-likeness (QED) is 0.205. The van der Waals surface area contributed by atoms with Crippen molar-refractivity contribution in [2.24, 2.45) is 0 Å². The number of hydrogen-bond donors (Lipinski definition) is 1. The fraction of sp³-hybridized carbons (Fsp3) is 0.0741. The number of nitrogens with one attached hydrogen (secondary N) is 1. The summed E-state index contributed by atoms with van der Waals surface area (Å²) in [7, 11) is 1.46. The number of nitrogens with zero attached hydrogens (tertiary/aromatic N) is 2. The van der Waals surface area contributed by atoms with E-state index in [-0.39, 0.29) is 12.1 Å². The van der Waals surface area contributed by atoms with Crippen LogP contribution >= 0.6 is 22.6 Å². The Morgan fingerprint density at radius 1 is 0.865 bits per heavy atom. The van der Waals surface area contributed by atoms with Gasteiger partial charge in [-0.3, -0.25) is 29.4 Å². The highest BCUT2D eigenvalue weighted by atomic mass is 127. The van der Waals surface area contributed by atoms with Crippen molar-refractivity contribution in [1.82, 2.24) is 10.2 Å². The third-order valence-corrected chi connectivity index (χ3v) is 6.73. The SMILES string of the molecule is COc1ccc(C=C2C(=O)NC(=O)N(c3ccc(I)cc3)C2=O)cc1CN1C(=O)c2ccccc2C1=O. The van der Waals surface area contributed by atoms with Gasteiger partial charge < -0.3 is 4.74 Å². The number of hydrogen-bond acceptors (Lipinski definition) is 6. The molecule has 1 fully saturated rings. The minimum Gasteiger partial charge on any atom is -0.496 e. The molecule has 0 bridgehead atoms. The van der Waals surface area contributed by atoms with E-state index in [4.69, 9.17) is 4.74 Å². The molecule has 3 aromatic carbocycles. The normalized spacial score (nSPS) is 16.4. The second kappa shape index (κ2) is 9.62. The van der Waals surface area contributed by atoms with Crippen molar-refractivity contribution < 1.29 is 28.7 Å². The lowest BCUT2D eigenvalue weighted by atomic mass is 10.0. The van der Waals surface area contributed by atoms with Crippen LogP contribution in [0.25, 0.3) is 6.08 Å². The molecular formula is C27H18IN3O6. The molecule has 6 amide bonds. The van der Waals surface area contributed by atoms with E-state index in [1.54, 1.807) is 66.7 Å². The average molecular weight is 607 g/mol. The number of anilines is 1. The van der Waals surface area contributed by atoms with Crippen LogP contribution in [0.4, 0.5) is 10.5 Å². The standard InChI is InChI=1S/C27H18IN3O6/c1-37-22-11-6-15(12-16(22)14-30-24(33)19-4-2-3-5-20(19)25(30)34)13-21-23(32)29-27(36)31(26(21)35)18-9-7-17(28)8-10-18/h2-13H,14H2,1H3,(H,29,32,36). The Hall–Kier alpha value is -4.32. The molecule has 2 aliphatic heterocycles. The van der Waals surface area contributed by atoms with E-state index in [9.17, 15) is 24.0 Å². The van der Waals surface area contributed by atoms with Gasteiger partial charge in [0.2, 0.25) is 0 Å². The van der Waals surface area contributed by atoms with Gasteiger partial charge in [0.05, 0.1) is 30.5 Å². The summed E-state index contributed by atoms with van der Waals surface area (Å²) in [5, 5.41) is 2.20. The first-order valence-electron chi connectivity index (χ1n) is 11.1. The third-order valence-electron chi connectivity index (χ3n) is 6.01. The van der Waals surface area contributed by atoms with Crippen molar-refractivity contribution in [3.05, 3.63) is 98.1 Å². The van der Waals surface area contributed by atoms with Gasteiger partial charge in [-0.25, -0.2) is 9.69 Å². The van der Waals surface area contributed by atoms with E-state index >= 15 is 0 Å². The lowest BCUT2D eigenvalue weighted by Crippen LogP contribution is -2.54. The number of carbonyl (C=O) groups excluding carboxylic acids is 5. The predicted molar refractivity (Wildman–Crippen MR) is 142 cm³/mol. The molecule has 2 aliphatic rings. The number of barbiturate groups is 1. The molecule has 10 heteroatoms. The second-order valence-corrected chi connectivity index (χ2v) is 9.49. The van der Waals surface area contributed by atoms with Gasteiger partial charge in [-0.2, -0.15) is 0 Å². The summed E-state index contributed by atoms with van der Waals surface area (Å²) in [6, 6.07) is 17.3. The number of rotatable bonds is 5. The maximum absolute atomic E-state index is 13.2. The molecule has 0 radical (unpaired) electrons. The fourth-order valence-corrected chi connectivity index (χ4v) is 4.57. The summed E-state index contributed by atoms with van der Waals surface area (Å²) >= 11 is 2.10. The van der Waals surface area contributed by atoms with Crippen LogP contribution in [0.15, 0.2) is 72.3 Å². The van der Waals surface area contributed by atoms with E-state index in [1.165, 1.54) is 13.2 Å². The second-order valence-electron chi connectivity index (χ2n) is 8.25. The predicted octanol–water partition coefficient (Wildman–Crippen LogP) is 3.76. The van der Waals surface area contributed by atoms with Crippen LogP contribution in [0.5, 0.6) is 5.75 Å². The first kappa shape index (κ1) is 24.4. The molecule has 0 spiro atoms. The number of amides is 6. The third kappa shape index (κ3) is 4.40. The van der Waals surface area contributed by atoms with E-state index < -0.39 is 29.7 Å². The number of urea groups is 1. The van der Waals surface area contributed by atoms with Crippen LogP contribution in [-0.2, 0) is 16.1 Å². The fourth-order valence-electron chi connectivity index (χ4n) is 4.21. The topological polar surface area (TPSA) is 113 Å². The Kier molecular flexibility index (Phi) is 6.34. The van der Waals surface area contributed by atoms with E-state index in [2.05, 4.69) is 27.9 Å². The summed E-state index contributed by atoms with van der Waals surface area (Å²) in [5.41, 5.74) is 1.69. The van der Waals surface area contributed by atoms with Crippen molar-refractivity contribution in [3.63, 3.8) is 0 Å². The van der Waals surface area contributed by atoms with Crippen molar-refractivity contribution in [2.75, 3.05) is 12.0 Å². The number of imide groups is 3. The first-order chi connectivity index (χ1) is 17.8. The van der Waals surface area contributed by atoms with E-state index in [0.717, 1.165) is 13.4 Å². The number of ether oxygens (including phenoxy) is 1. The summed E-state index contributed by atoms with van der Waals surface area (Å²) < 4.78 is 6.34. The van der Waals surface area contributed by atoms with Crippen molar-refractivity contribution in [3.8, 4) is 5.75 Å². The Morgan fingerprint density at radius 3 is 2.14 bits per heavy atom. The molecule has 0 unspecified atom stereocenters. The molecule has 0 aromatic heterocycles. The Bertz CT molecular complexity index is 1490. The van der Waals surface area contributed by atoms with Gasteiger partial charge in [0, 0.05) is 9.13 Å². The van der Waals surface area contributed by atoms with Crippen LogP contribution in [0, 0.1) is 3.57 Å². The van der Waals surface area contributed by atoms with Gasteiger partial charge in [0.1, 0.15) is 11.3 Å². The molecule has 0 aliphatic carbocycles. The van der Waals surface area contributed by atoms with Crippen molar-refractivity contribution in [2.45, 2.75) is 6.54 Å². The molecule has 37 heavy (non-hydrogen) atoms. The minimum absolute atomic E-state index is 0.0695. The number of fused-ring (bicyclic) bond motifs is 1. The Labute approximate surface area is 224 Å². The van der Waals surface area contributed by atoms with Gasteiger partial charge in [0.15, 0.2) is 0 Å². The van der Waals surface area contributed by atoms with Gasteiger partial charge in [-0.05, 0) is 82.8 Å². The zero-order chi connectivity index (χ0) is 26.3. The van der Waals surface area contributed by atoms with Crippen LogP contribution in [0.1, 0.15) is 31.8 Å². The first-order valence-corrected chi connectivity index (χ1v) is 12.2. The highest BCUT2D eigenvalue weighted by molar-refractivity contribution is 14.1. The molecule has 0 atom stereocenters. The highest BCUT2D eigenvalue weighted by Crippen LogP contribution is 2.29. The lowest BCUT2D eigenvalue weighted by Gasteiger charge is -2.26. The van der Waals surface area contributed by atoms with Gasteiger partial charge in [-0.15, -0.1) is 0 Å².